The molecule has 12 N–H and O–H groups in total. The molecule has 0 bridgehead atoms. The van der Waals surface area contributed by atoms with E-state index >= 15 is 0 Å². The molecule has 4 unspecified atom stereocenters. The molecule has 0 fully saturated rings. The number of nitrogens with zero attached hydrogens (tertiary/aromatic N) is 1. The Morgan fingerprint density at radius 2 is 1.72 bits per heavy atom. The van der Waals surface area contributed by atoms with Crippen LogP contribution in [0.15, 0.2) is 29.3 Å². The minimum absolute atomic E-state index is 0.122. The zero-order valence-corrected chi connectivity index (χ0v) is 25.6. The first-order chi connectivity index (χ1) is 21.8. The lowest BCUT2D eigenvalue weighted by molar-refractivity contribution is -0.144. The van der Waals surface area contributed by atoms with Gasteiger partial charge in [0.2, 0.25) is 23.6 Å². The number of aromatic nitrogens is 1. The molecular weight excluding hydrogens is 602 g/mol. The number of benzene rings is 1. The van der Waals surface area contributed by atoms with Gasteiger partial charge in [0.05, 0.1) is 19.0 Å². The van der Waals surface area contributed by atoms with Crippen molar-refractivity contribution < 1.29 is 39.0 Å². The van der Waals surface area contributed by atoms with Crippen LogP contribution in [0.5, 0.6) is 0 Å². The molecule has 0 spiro atoms. The van der Waals surface area contributed by atoms with Gasteiger partial charge in [-0.05, 0) is 36.8 Å². The first-order valence-corrected chi connectivity index (χ1v) is 14.8. The van der Waals surface area contributed by atoms with Crippen molar-refractivity contribution in [1.29, 1.82) is 0 Å². The third-order valence-corrected chi connectivity index (χ3v) is 7.41. The summed E-state index contributed by atoms with van der Waals surface area (Å²) in [5, 5.41) is 32.3. The fourth-order valence-corrected chi connectivity index (χ4v) is 5.06. The molecule has 2 aromatic rings. The third kappa shape index (κ3) is 9.91. The highest BCUT2D eigenvalue weighted by atomic mass is 16.4. The van der Waals surface area contributed by atoms with Crippen molar-refractivity contribution in [2.24, 2.45) is 22.4 Å². The van der Waals surface area contributed by atoms with Gasteiger partial charge in [-0.15, -0.1) is 0 Å². The predicted octanol–water partition coefficient (Wildman–Crippen LogP) is -1.98. The van der Waals surface area contributed by atoms with Crippen LogP contribution in [0.2, 0.25) is 0 Å². The van der Waals surface area contributed by atoms with Crippen LogP contribution in [0.4, 0.5) is 0 Å². The number of aliphatic imine (C=N–C) groups is 1. The number of para-hydroxylation sites is 1. The number of hydrogen-bond acceptors (Lipinski definition) is 8. The van der Waals surface area contributed by atoms with Gasteiger partial charge in [-0.25, -0.2) is 4.79 Å². The lowest BCUT2D eigenvalue weighted by atomic mass is 9.97. The Hall–Kier alpha value is -5.19. The lowest BCUT2D eigenvalue weighted by Gasteiger charge is -2.26. The minimum atomic E-state index is -1.61. The van der Waals surface area contributed by atoms with Crippen molar-refractivity contribution in [2.75, 3.05) is 13.1 Å². The summed E-state index contributed by atoms with van der Waals surface area (Å²) in [6, 6.07) is 3.10. The summed E-state index contributed by atoms with van der Waals surface area (Å²) in [5.74, 6) is -6.45. The number of fused-ring (bicyclic) bond motifs is 3. The molecule has 17 nitrogen and oxygen atoms in total. The van der Waals surface area contributed by atoms with Crippen LogP contribution in [-0.2, 0) is 41.7 Å². The highest BCUT2D eigenvalue weighted by molar-refractivity contribution is 5.95. The number of nitrogens with two attached hydrogens (primary N) is 2. The minimum Gasteiger partial charge on any atom is -0.481 e. The van der Waals surface area contributed by atoms with Crippen LogP contribution in [0.1, 0.15) is 44.4 Å². The summed E-state index contributed by atoms with van der Waals surface area (Å²) in [5.41, 5.74) is 13.7. The summed E-state index contributed by atoms with van der Waals surface area (Å²) in [6.45, 7) is 3.04. The van der Waals surface area contributed by atoms with Crippen molar-refractivity contribution in [3.05, 3.63) is 35.5 Å². The zero-order chi connectivity index (χ0) is 34.0. The van der Waals surface area contributed by atoms with E-state index < -0.39 is 78.6 Å². The largest absolute Gasteiger partial charge is 0.481 e. The summed E-state index contributed by atoms with van der Waals surface area (Å²) in [6.07, 6.45) is -0.0140. The Labute approximate surface area is 264 Å². The standard InChI is InChI=1S/C29H41N9O8/c1-14(2)24(28(45)46)38-27(44)20(11-23(40)41)36-22(39)13-34-25(42)18(8-5-9-32-29(30)31)37-26(43)19-10-16-15-6-3-4-7-17(15)35-21(16)12-33-19/h3-4,6-7,14,18-20,24,33,35H,5,8-13H2,1-2H3,(H,34,42)(H,36,39)(H,37,43)(H,38,44)(H,40,41)(H,45,46)(H4,30,31,32). The summed E-state index contributed by atoms with van der Waals surface area (Å²) in [7, 11) is 0. The molecule has 2 heterocycles. The number of guanidine groups is 1. The number of H-pyrrole nitrogens is 1. The number of aliphatic carboxylic acids is 2. The van der Waals surface area contributed by atoms with E-state index in [0.717, 1.165) is 22.2 Å². The van der Waals surface area contributed by atoms with Gasteiger partial charge < -0.3 is 47.9 Å². The molecule has 1 aliphatic rings. The SMILES string of the molecule is CC(C)C(NC(=O)C(CC(=O)O)NC(=O)CNC(=O)C(CCCN=C(N)N)NC(=O)C1Cc2c([nH]c3ccccc23)CN1)C(=O)O. The second kappa shape index (κ2) is 16.2. The van der Waals surface area contributed by atoms with Crippen molar-refractivity contribution in [2.45, 2.75) is 70.2 Å². The molecule has 250 valence electrons. The Bertz CT molecular complexity index is 1480. The van der Waals surface area contributed by atoms with E-state index in [2.05, 4.69) is 36.6 Å². The molecule has 1 aromatic carbocycles. The fourth-order valence-electron chi connectivity index (χ4n) is 5.06. The molecule has 1 aromatic heterocycles. The first-order valence-electron chi connectivity index (χ1n) is 14.8. The normalized spacial score (nSPS) is 15.9. The van der Waals surface area contributed by atoms with Gasteiger partial charge in [-0.1, -0.05) is 32.0 Å². The maximum atomic E-state index is 13.3. The highest BCUT2D eigenvalue weighted by Gasteiger charge is 2.32. The van der Waals surface area contributed by atoms with E-state index in [9.17, 15) is 39.0 Å². The molecule has 17 heteroatoms. The topological polar surface area (TPSA) is 283 Å². The van der Waals surface area contributed by atoms with E-state index in [0.29, 0.717) is 19.4 Å². The molecule has 4 atom stereocenters. The predicted molar refractivity (Wildman–Crippen MR) is 166 cm³/mol. The van der Waals surface area contributed by atoms with Crippen LogP contribution in [0, 0.1) is 5.92 Å². The van der Waals surface area contributed by atoms with Gasteiger partial charge in [-0.3, -0.25) is 34.3 Å². The lowest BCUT2D eigenvalue weighted by Crippen LogP contribution is -2.56. The van der Waals surface area contributed by atoms with Crippen molar-refractivity contribution in [3.8, 4) is 0 Å². The number of rotatable bonds is 16. The molecule has 46 heavy (non-hydrogen) atoms. The van der Waals surface area contributed by atoms with Crippen LogP contribution >= 0.6 is 0 Å². The second-order valence-electron chi connectivity index (χ2n) is 11.3. The Morgan fingerprint density at radius 3 is 2.37 bits per heavy atom. The van der Waals surface area contributed by atoms with Gasteiger partial charge in [0.25, 0.3) is 0 Å². The van der Waals surface area contributed by atoms with Crippen molar-refractivity contribution in [3.63, 3.8) is 0 Å². The van der Waals surface area contributed by atoms with Crippen molar-refractivity contribution in [1.82, 2.24) is 31.6 Å². The van der Waals surface area contributed by atoms with E-state index in [-0.39, 0.29) is 18.9 Å². The maximum Gasteiger partial charge on any atom is 0.326 e. The number of carbonyl (C=O) groups is 6. The van der Waals surface area contributed by atoms with E-state index in [1.54, 1.807) is 13.8 Å². The highest BCUT2D eigenvalue weighted by Crippen LogP contribution is 2.26. The van der Waals surface area contributed by atoms with Crippen LogP contribution < -0.4 is 38.1 Å². The van der Waals surface area contributed by atoms with Gasteiger partial charge in [0, 0.05) is 29.7 Å². The molecule has 0 saturated heterocycles. The molecule has 1 aliphatic heterocycles. The average Bonchev–Trinajstić information content (AvgIpc) is 3.36. The van der Waals surface area contributed by atoms with Crippen LogP contribution in [0.3, 0.4) is 0 Å². The van der Waals surface area contributed by atoms with Gasteiger partial charge >= 0.3 is 11.9 Å². The van der Waals surface area contributed by atoms with Gasteiger partial charge in [0.15, 0.2) is 5.96 Å². The molecule has 4 amide bonds. The molecule has 0 aliphatic carbocycles. The number of carbonyl (C=O) groups excluding carboxylic acids is 4. The Kier molecular flexibility index (Phi) is 12.4. The third-order valence-electron chi connectivity index (χ3n) is 7.41. The van der Waals surface area contributed by atoms with Crippen LogP contribution in [-0.4, -0.2) is 94.0 Å². The average molecular weight is 644 g/mol. The quantitative estimate of drug-likeness (QED) is 0.0543. The second-order valence-corrected chi connectivity index (χ2v) is 11.3. The Balaban J connectivity index is 1.64. The summed E-state index contributed by atoms with van der Waals surface area (Å²) in [4.78, 5) is 81.8. The summed E-state index contributed by atoms with van der Waals surface area (Å²) < 4.78 is 0. The first kappa shape index (κ1) is 35.3. The number of carboxylic acid groups (broad SMARTS) is 2. The fraction of sp³-hybridized carbons (Fsp3) is 0.483. The Morgan fingerprint density at radius 1 is 1.00 bits per heavy atom. The number of nitrogens with one attached hydrogen (secondary N) is 6. The smallest absolute Gasteiger partial charge is 0.326 e. The molecular formula is C29H41N9O8. The number of aromatic amines is 1. The van der Waals surface area contributed by atoms with E-state index in [1.807, 2.05) is 24.3 Å². The van der Waals surface area contributed by atoms with Crippen molar-refractivity contribution >= 4 is 52.4 Å². The molecule has 0 saturated carbocycles. The number of amides is 4. The monoisotopic (exact) mass is 643 g/mol. The number of carboxylic acids is 2. The molecule has 3 rings (SSSR count). The summed E-state index contributed by atoms with van der Waals surface area (Å²) >= 11 is 0. The van der Waals surface area contributed by atoms with Crippen LogP contribution in [0.25, 0.3) is 10.9 Å². The zero-order valence-electron chi connectivity index (χ0n) is 25.6. The van der Waals surface area contributed by atoms with E-state index in [1.165, 1.54) is 0 Å². The van der Waals surface area contributed by atoms with E-state index in [4.69, 9.17) is 11.5 Å². The maximum absolute atomic E-state index is 13.3. The van der Waals surface area contributed by atoms with Gasteiger partial charge in [0.1, 0.15) is 18.1 Å². The number of hydrogen-bond donors (Lipinski definition) is 10. The molecule has 0 radical (unpaired) electrons. The van der Waals surface area contributed by atoms with Gasteiger partial charge in [-0.2, -0.15) is 0 Å².